The Balaban J connectivity index is 0.000000704. The van der Waals surface area contributed by atoms with Gasteiger partial charge >= 0.3 is 19.1 Å². The van der Waals surface area contributed by atoms with Crippen molar-refractivity contribution in [3.05, 3.63) is 77.9 Å². The monoisotopic (exact) mass is 1210 g/mol. The molecule has 1 aromatic rings. The van der Waals surface area contributed by atoms with E-state index in [9.17, 15) is 39.0 Å². The summed E-state index contributed by atoms with van der Waals surface area (Å²) in [5.74, 6) is -8.32. The van der Waals surface area contributed by atoms with Gasteiger partial charge in [-0.25, -0.2) is 4.79 Å². The van der Waals surface area contributed by atoms with Crippen molar-refractivity contribution in [2.45, 2.75) is 207 Å². The average Bonchev–Trinajstić information content (AvgIpc) is 1.97. The Labute approximate surface area is 507 Å². The number of aliphatic carboxylic acids is 1. The standard InChI is InChI=1S/C54H87NO13Si.C11H13BO4/c1-33-19-15-14-16-20-34(2)45(63-8)31-41-24-22-39(7)54(62,67-41)51(59)52(60)55-26-18-17-21-42(55)53(61)66-46(36(4)29-40-23-25-43(56)47(30-40)64-9)32-44(57)35(3)28-38(6)49(68-69(11,12)13)50(65-10)48(58)37(5)27-33;1-11(10(13)14)7-15-12(16-8-11)9-5-3-2-4-6-9/h14-16,19-20,28,33,35-37,39-43,45-47,49-50,56,62H,17-18,21-27,29-32H2,1-13H3;2-6H,7-8H2,1H3,(H,13,14)/b16-14+,19-15+,34-20+,38-28+;/t33-,35-,36-,37-,39-,40+,41+,42+,43-,45+,46+,47-,49-,50+,54-;/m1./s1. The number of carbonyl (C=O) groups excluding carboxylic acids is 5. The summed E-state index contributed by atoms with van der Waals surface area (Å²) in [5, 5.41) is 31.5. The number of nitrogens with zero attached hydrogens (tertiary/aromatic N) is 1. The number of ketones is 3. The summed E-state index contributed by atoms with van der Waals surface area (Å²) in [4.78, 5) is 84.0. The van der Waals surface area contributed by atoms with Crippen molar-refractivity contribution in [1.82, 2.24) is 4.90 Å². The first kappa shape index (κ1) is 71.3. The lowest BCUT2D eigenvalue weighted by Gasteiger charge is -2.42. The molecule has 3 saturated heterocycles. The maximum absolute atomic E-state index is 14.5. The molecule has 1 saturated carbocycles. The first-order chi connectivity index (χ1) is 40.1. The van der Waals surface area contributed by atoms with E-state index in [0.717, 1.165) is 17.5 Å². The van der Waals surface area contributed by atoms with Crippen LogP contribution in [0.4, 0.5) is 0 Å². The zero-order valence-corrected chi connectivity index (χ0v) is 54.1. The topological polar surface area (TPSA) is 240 Å². The second-order valence-corrected chi connectivity index (χ2v) is 30.5. The van der Waals surface area contributed by atoms with Crippen LogP contribution in [-0.4, -0.2) is 166 Å². The summed E-state index contributed by atoms with van der Waals surface area (Å²) < 4.78 is 47.5. The zero-order chi connectivity index (χ0) is 63.0. The normalized spacial score (nSPS) is 35.3. The van der Waals surface area contributed by atoms with E-state index >= 15 is 0 Å². The van der Waals surface area contributed by atoms with Gasteiger partial charge in [-0.1, -0.05) is 101 Å². The number of allylic oxidation sites excluding steroid dienone is 6. The molecule has 20 heteroatoms. The number of aliphatic hydroxyl groups excluding tert-OH is 1. The predicted molar refractivity (Wildman–Crippen MR) is 327 cm³/mol. The number of carboxylic acid groups (broad SMARTS) is 1. The first-order valence-electron chi connectivity index (χ1n) is 30.7. The molecular weight excluding hydrogens is 1110 g/mol. The quantitative estimate of drug-likeness (QED) is 0.0860. The van der Waals surface area contributed by atoms with Gasteiger partial charge in [0.1, 0.15) is 29.4 Å². The third-order valence-electron chi connectivity index (χ3n) is 17.6. The lowest BCUT2D eigenvalue weighted by atomic mass is 9.75. The van der Waals surface area contributed by atoms with Crippen LogP contribution < -0.4 is 5.46 Å². The van der Waals surface area contributed by atoms with Crippen molar-refractivity contribution in [1.29, 1.82) is 0 Å². The van der Waals surface area contributed by atoms with Crippen LogP contribution in [0.1, 0.15) is 132 Å². The van der Waals surface area contributed by atoms with Crippen LogP contribution in [0.25, 0.3) is 0 Å². The van der Waals surface area contributed by atoms with E-state index in [2.05, 4.69) is 6.92 Å². The van der Waals surface area contributed by atoms with Crippen molar-refractivity contribution in [2.75, 3.05) is 41.1 Å². The molecule has 15 atom stereocenters. The van der Waals surface area contributed by atoms with Gasteiger partial charge in [0.05, 0.1) is 30.5 Å². The van der Waals surface area contributed by atoms with Gasteiger partial charge in [-0.05, 0) is 139 Å². The number of aliphatic hydroxyl groups is 2. The highest BCUT2D eigenvalue weighted by Crippen LogP contribution is 2.38. The molecule has 4 fully saturated rings. The number of ether oxygens (including phenoxy) is 5. The lowest BCUT2D eigenvalue weighted by molar-refractivity contribution is -0.265. The SMILES string of the molecule is CC1(C(=O)O)COB(c2ccccc2)OC1.CO[C@H]1C[C@@H]2CC[C@@H](C)[C@@](O)(O2)C(=O)C(=O)N2CCCC[C@H]2C(=O)O[C@H]([C@H](C)C[C@@H]2CC[C@@H](O)[C@H](OC)C2)CC(=O)[C@H](C)/C=C(\C)[C@@H](O[Si](C)(C)C)[C@@H](OC)C(=O)[C@H](C)C[C@H](C)/C=C/C=C/C=C/1C. The van der Waals surface area contributed by atoms with Gasteiger partial charge in [0.15, 0.2) is 14.1 Å². The number of amides is 1. The fourth-order valence-electron chi connectivity index (χ4n) is 12.2. The summed E-state index contributed by atoms with van der Waals surface area (Å²) in [6.07, 6.45) is 12.7. The largest absolute Gasteiger partial charge is 0.493 e. The first-order valence-corrected chi connectivity index (χ1v) is 34.1. The number of Topliss-reactive ketones (excluding diaryl/α,β-unsaturated/α-hetero) is 3. The fraction of sp³-hybridized carbons (Fsp3) is 0.692. The molecule has 5 aliphatic rings. The Bertz CT molecular complexity index is 2510. The van der Waals surface area contributed by atoms with Crippen LogP contribution >= 0.6 is 0 Å². The lowest BCUT2D eigenvalue weighted by Crippen LogP contribution is -2.61. The Morgan fingerprint density at radius 2 is 1.52 bits per heavy atom. The summed E-state index contributed by atoms with van der Waals surface area (Å²) >= 11 is 0. The van der Waals surface area contributed by atoms with Crippen molar-refractivity contribution < 1.29 is 81.5 Å². The molecule has 474 valence electrons. The number of fused-ring (bicyclic) bond motifs is 3. The minimum atomic E-state index is -2.42. The second-order valence-electron chi connectivity index (χ2n) is 26.0. The van der Waals surface area contributed by atoms with Gasteiger partial charge in [0.25, 0.3) is 11.7 Å². The summed E-state index contributed by atoms with van der Waals surface area (Å²) in [7, 11) is 1.95. The molecule has 6 rings (SSSR count). The molecule has 18 nitrogen and oxygen atoms in total. The molecule has 0 spiro atoms. The molecule has 0 unspecified atom stereocenters. The minimum absolute atomic E-state index is 0.0556. The minimum Gasteiger partial charge on any atom is -0.481 e. The Morgan fingerprint density at radius 3 is 2.14 bits per heavy atom. The third kappa shape index (κ3) is 20.0. The molecule has 4 aliphatic heterocycles. The summed E-state index contributed by atoms with van der Waals surface area (Å²) in [6, 6.07) is 8.37. The number of rotatable bonds is 10. The number of hydrogen-bond acceptors (Lipinski definition) is 16. The molecule has 1 aliphatic carbocycles. The molecule has 3 N–H and O–H groups in total. The number of esters is 1. The van der Waals surface area contributed by atoms with E-state index in [0.29, 0.717) is 63.4 Å². The van der Waals surface area contributed by atoms with Gasteiger partial charge < -0.3 is 57.6 Å². The highest BCUT2D eigenvalue weighted by atomic mass is 28.4. The number of benzene rings is 1. The highest BCUT2D eigenvalue weighted by Gasteiger charge is 2.53. The second kappa shape index (κ2) is 32.7. The van der Waals surface area contributed by atoms with Crippen molar-refractivity contribution >= 4 is 56.1 Å². The highest BCUT2D eigenvalue weighted by molar-refractivity contribution is 6.69. The van der Waals surface area contributed by atoms with E-state index < -0.39 is 105 Å². The van der Waals surface area contributed by atoms with E-state index in [1.165, 1.54) is 12.0 Å². The van der Waals surface area contributed by atoms with Crippen LogP contribution in [0.15, 0.2) is 77.9 Å². The zero-order valence-electron chi connectivity index (χ0n) is 53.1. The number of cyclic esters (lactones) is 1. The molecular formula is C65H100BNO17Si. The molecule has 1 amide bonds. The fourth-order valence-corrected chi connectivity index (χ4v) is 13.2. The van der Waals surface area contributed by atoms with Crippen molar-refractivity contribution in [3.63, 3.8) is 0 Å². The maximum Gasteiger partial charge on any atom is 0.493 e. The average molecular weight is 1210 g/mol. The third-order valence-corrected chi connectivity index (χ3v) is 18.6. The van der Waals surface area contributed by atoms with Crippen LogP contribution in [0, 0.1) is 40.9 Å². The maximum atomic E-state index is 14.5. The smallest absolute Gasteiger partial charge is 0.481 e. The molecule has 85 heavy (non-hydrogen) atoms. The van der Waals surface area contributed by atoms with E-state index in [-0.39, 0.29) is 73.9 Å². The van der Waals surface area contributed by atoms with E-state index in [1.807, 2.05) is 114 Å². The van der Waals surface area contributed by atoms with Crippen LogP contribution in [0.3, 0.4) is 0 Å². The van der Waals surface area contributed by atoms with Gasteiger partial charge in [-0.2, -0.15) is 0 Å². The number of carboxylic acids is 1. The molecule has 2 bridgehead atoms. The molecule has 4 heterocycles. The van der Waals surface area contributed by atoms with Crippen molar-refractivity contribution in [2.24, 2.45) is 40.9 Å². The Morgan fingerprint density at radius 1 is 0.835 bits per heavy atom. The van der Waals surface area contributed by atoms with Gasteiger partial charge in [-0.3, -0.25) is 24.0 Å². The molecule has 0 aromatic heterocycles. The number of piperidine rings is 1. The Hall–Kier alpha value is -4.48. The predicted octanol–water partition coefficient (Wildman–Crippen LogP) is 8.56. The number of methoxy groups -OCH3 is 3. The van der Waals surface area contributed by atoms with Gasteiger partial charge in [-0.15, -0.1) is 0 Å². The summed E-state index contributed by atoms with van der Waals surface area (Å²) in [5.41, 5.74) is 1.55. The van der Waals surface area contributed by atoms with Gasteiger partial charge in [0.2, 0.25) is 5.79 Å². The van der Waals surface area contributed by atoms with Crippen LogP contribution in [0.5, 0.6) is 0 Å². The molecule has 0 radical (unpaired) electrons. The van der Waals surface area contributed by atoms with Gasteiger partial charge in [0, 0.05) is 71.7 Å². The van der Waals surface area contributed by atoms with E-state index in [1.54, 1.807) is 35.0 Å². The van der Waals surface area contributed by atoms with E-state index in [4.69, 9.17) is 42.5 Å². The number of hydrogen-bond donors (Lipinski definition) is 3. The van der Waals surface area contributed by atoms with Crippen LogP contribution in [0.2, 0.25) is 19.6 Å². The summed E-state index contributed by atoms with van der Waals surface area (Å²) in [6.45, 7) is 21.4. The molecule has 1 aromatic carbocycles. The van der Waals surface area contributed by atoms with Crippen molar-refractivity contribution in [3.8, 4) is 0 Å². The number of carbonyl (C=O) groups is 6. The van der Waals surface area contributed by atoms with Crippen LogP contribution in [-0.2, 0) is 66.2 Å². The Kier molecular flexibility index (Phi) is 27.4.